The maximum absolute atomic E-state index is 12.5. The van der Waals surface area contributed by atoms with Crippen molar-refractivity contribution in [3.05, 3.63) is 27.5 Å². The molecule has 0 aromatic carbocycles. The number of hydrogen-bond acceptors (Lipinski definition) is 3. The van der Waals surface area contributed by atoms with Gasteiger partial charge in [0.1, 0.15) is 4.60 Å². The van der Waals surface area contributed by atoms with Crippen LogP contribution in [-0.2, 0) is 6.54 Å². The molecule has 1 aromatic rings. The third-order valence-electron chi connectivity index (χ3n) is 1.64. The van der Waals surface area contributed by atoms with Crippen molar-refractivity contribution in [3.8, 4) is 6.07 Å². The van der Waals surface area contributed by atoms with Crippen molar-refractivity contribution in [2.75, 3.05) is 0 Å². The van der Waals surface area contributed by atoms with Crippen molar-refractivity contribution >= 4 is 15.9 Å². The summed E-state index contributed by atoms with van der Waals surface area (Å²) in [5, 5.41) is 8.64. The van der Waals surface area contributed by atoms with E-state index in [2.05, 4.69) is 20.9 Å². The predicted octanol–water partition coefficient (Wildman–Crippen LogP) is 2.11. The molecule has 0 fully saturated rings. The molecule has 1 heterocycles. The van der Waals surface area contributed by atoms with E-state index >= 15 is 0 Å². The summed E-state index contributed by atoms with van der Waals surface area (Å²) in [5.74, 6) is 0. The highest BCUT2D eigenvalue weighted by Crippen LogP contribution is 2.27. The van der Waals surface area contributed by atoms with Gasteiger partial charge in [-0.1, -0.05) is 0 Å². The fourth-order valence-corrected chi connectivity index (χ4v) is 1.51. The molecule has 0 spiro atoms. The van der Waals surface area contributed by atoms with Gasteiger partial charge in [-0.25, -0.2) is 13.8 Å². The molecular weight excluding hydrogens is 256 g/mol. The van der Waals surface area contributed by atoms with Gasteiger partial charge in [-0.3, -0.25) is 0 Å². The zero-order chi connectivity index (χ0) is 10.7. The van der Waals surface area contributed by atoms with Crippen molar-refractivity contribution in [2.24, 2.45) is 5.73 Å². The van der Waals surface area contributed by atoms with Crippen LogP contribution in [0.2, 0.25) is 0 Å². The summed E-state index contributed by atoms with van der Waals surface area (Å²) in [6.45, 7) is -0.117. The van der Waals surface area contributed by atoms with Crippen LogP contribution in [0.25, 0.3) is 0 Å². The molecule has 0 aliphatic heterocycles. The molecule has 1 rings (SSSR count). The molecule has 0 saturated heterocycles. The van der Waals surface area contributed by atoms with Crippen LogP contribution in [0, 0.1) is 11.3 Å². The average molecular weight is 262 g/mol. The molecule has 0 aliphatic carbocycles. The van der Waals surface area contributed by atoms with Gasteiger partial charge in [0.15, 0.2) is 0 Å². The molecule has 0 saturated carbocycles. The number of halogens is 3. The zero-order valence-electron chi connectivity index (χ0n) is 6.97. The van der Waals surface area contributed by atoms with Gasteiger partial charge in [-0.05, 0) is 22.0 Å². The Labute approximate surface area is 87.7 Å². The van der Waals surface area contributed by atoms with Crippen molar-refractivity contribution in [3.63, 3.8) is 0 Å². The van der Waals surface area contributed by atoms with E-state index in [1.54, 1.807) is 6.07 Å². The van der Waals surface area contributed by atoms with E-state index in [0.29, 0.717) is 4.60 Å². The monoisotopic (exact) mass is 261 g/mol. The molecular formula is C8H6BrF2N3. The van der Waals surface area contributed by atoms with Gasteiger partial charge >= 0.3 is 0 Å². The van der Waals surface area contributed by atoms with E-state index in [-0.39, 0.29) is 23.4 Å². The highest BCUT2D eigenvalue weighted by atomic mass is 79.9. The first-order valence-electron chi connectivity index (χ1n) is 3.67. The predicted molar refractivity (Wildman–Crippen MR) is 49.5 cm³/mol. The first kappa shape index (κ1) is 11.0. The van der Waals surface area contributed by atoms with E-state index in [4.69, 9.17) is 11.0 Å². The molecule has 3 nitrogen and oxygen atoms in total. The first-order valence-corrected chi connectivity index (χ1v) is 4.47. The van der Waals surface area contributed by atoms with Gasteiger partial charge in [0.2, 0.25) is 0 Å². The number of nitriles is 1. The van der Waals surface area contributed by atoms with Gasteiger partial charge in [-0.15, -0.1) is 0 Å². The van der Waals surface area contributed by atoms with Crippen LogP contribution in [0.4, 0.5) is 8.78 Å². The second kappa shape index (κ2) is 4.44. The normalized spacial score (nSPS) is 10.3. The SMILES string of the molecule is N#Cc1cc(Br)nc(CN)c1C(F)F. The molecule has 2 N–H and O–H groups in total. The van der Waals surface area contributed by atoms with E-state index < -0.39 is 6.43 Å². The lowest BCUT2D eigenvalue weighted by atomic mass is 10.1. The number of alkyl halides is 2. The summed E-state index contributed by atoms with van der Waals surface area (Å²) < 4.78 is 25.4. The highest BCUT2D eigenvalue weighted by Gasteiger charge is 2.19. The molecule has 0 aliphatic rings. The fraction of sp³-hybridized carbons (Fsp3) is 0.250. The lowest BCUT2D eigenvalue weighted by molar-refractivity contribution is 0.149. The summed E-state index contributed by atoms with van der Waals surface area (Å²) >= 11 is 3.02. The average Bonchev–Trinajstić information content (AvgIpc) is 2.15. The second-order valence-corrected chi connectivity index (χ2v) is 3.28. The van der Waals surface area contributed by atoms with Crippen LogP contribution in [-0.4, -0.2) is 4.98 Å². The number of rotatable bonds is 2. The number of nitrogens with zero attached hydrogens (tertiary/aromatic N) is 2. The largest absolute Gasteiger partial charge is 0.325 e. The van der Waals surface area contributed by atoms with Crippen molar-refractivity contribution < 1.29 is 8.78 Å². The Bertz CT molecular complexity index is 387. The van der Waals surface area contributed by atoms with E-state index in [9.17, 15) is 8.78 Å². The summed E-state index contributed by atoms with van der Waals surface area (Å²) in [6.07, 6.45) is -2.73. The molecule has 0 unspecified atom stereocenters. The molecule has 0 amide bonds. The fourth-order valence-electron chi connectivity index (χ4n) is 1.07. The van der Waals surface area contributed by atoms with E-state index in [1.165, 1.54) is 6.07 Å². The van der Waals surface area contributed by atoms with Crippen LogP contribution >= 0.6 is 15.9 Å². The van der Waals surface area contributed by atoms with Gasteiger partial charge < -0.3 is 5.73 Å². The maximum atomic E-state index is 12.5. The quantitative estimate of drug-likeness (QED) is 0.830. The standard InChI is InChI=1S/C8H6BrF2N3/c9-6-1-4(2-12)7(8(10)11)5(3-13)14-6/h1,8H,3,13H2. The number of aromatic nitrogens is 1. The molecule has 1 aromatic heterocycles. The Kier molecular flexibility index (Phi) is 3.49. The Morgan fingerprint density at radius 1 is 1.64 bits per heavy atom. The third-order valence-corrected chi connectivity index (χ3v) is 2.04. The minimum absolute atomic E-state index is 0.0472. The molecule has 0 bridgehead atoms. The Morgan fingerprint density at radius 2 is 2.29 bits per heavy atom. The number of nitrogens with two attached hydrogens (primary N) is 1. The van der Waals surface area contributed by atoms with Crippen molar-refractivity contribution in [2.45, 2.75) is 13.0 Å². The van der Waals surface area contributed by atoms with Crippen LogP contribution in [0.1, 0.15) is 23.2 Å². The smallest absolute Gasteiger partial charge is 0.266 e. The molecule has 0 atom stereocenters. The van der Waals surface area contributed by atoms with Gasteiger partial charge in [0, 0.05) is 6.54 Å². The molecule has 0 radical (unpaired) electrons. The van der Waals surface area contributed by atoms with Crippen LogP contribution in [0.15, 0.2) is 10.7 Å². The summed E-state index contributed by atoms with van der Waals surface area (Å²) in [5.41, 5.74) is 4.83. The number of pyridine rings is 1. The van der Waals surface area contributed by atoms with Crippen LogP contribution < -0.4 is 5.73 Å². The van der Waals surface area contributed by atoms with Gasteiger partial charge in [0.05, 0.1) is 22.9 Å². The van der Waals surface area contributed by atoms with Crippen molar-refractivity contribution in [1.82, 2.24) is 4.98 Å². The summed E-state index contributed by atoms with van der Waals surface area (Å²) in [7, 11) is 0. The molecule has 14 heavy (non-hydrogen) atoms. The second-order valence-electron chi connectivity index (χ2n) is 2.47. The lowest BCUT2D eigenvalue weighted by Gasteiger charge is -2.08. The Hall–Kier alpha value is -1.06. The molecule has 74 valence electrons. The summed E-state index contributed by atoms with van der Waals surface area (Å²) in [6, 6.07) is 2.94. The van der Waals surface area contributed by atoms with Gasteiger partial charge in [-0.2, -0.15) is 5.26 Å². The highest BCUT2D eigenvalue weighted by molar-refractivity contribution is 9.10. The van der Waals surface area contributed by atoms with E-state index in [0.717, 1.165) is 0 Å². The van der Waals surface area contributed by atoms with Crippen LogP contribution in [0.3, 0.4) is 0 Å². The number of hydrogen-bond donors (Lipinski definition) is 1. The minimum atomic E-state index is -2.73. The van der Waals surface area contributed by atoms with E-state index in [1.807, 2.05) is 0 Å². The minimum Gasteiger partial charge on any atom is -0.325 e. The Morgan fingerprint density at radius 3 is 2.71 bits per heavy atom. The Balaban J connectivity index is 3.42. The van der Waals surface area contributed by atoms with Crippen LogP contribution in [0.5, 0.6) is 0 Å². The van der Waals surface area contributed by atoms with Crippen molar-refractivity contribution in [1.29, 1.82) is 5.26 Å². The third kappa shape index (κ3) is 2.05. The topological polar surface area (TPSA) is 62.7 Å². The first-order chi connectivity index (χ1) is 6.60. The maximum Gasteiger partial charge on any atom is 0.266 e. The zero-order valence-corrected chi connectivity index (χ0v) is 8.55. The summed E-state index contributed by atoms with van der Waals surface area (Å²) in [4.78, 5) is 3.78. The molecule has 6 heteroatoms. The van der Waals surface area contributed by atoms with Gasteiger partial charge in [0.25, 0.3) is 6.43 Å². The lowest BCUT2D eigenvalue weighted by Crippen LogP contribution is -2.07.